The van der Waals surface area contributed by atoms with Crippen molar-refractivity contribution >= 4 is 17.7 Å². The third kappa shape index (κ3) is 9.84. The molecule has 1 aliphatic heterocycles. The second-order valence-electron chi connectivity index (χ2n) is 9.60. The number of hydrogen-bond acceptors (Lipinski definition) is 5. The van der Waals surface area contributed by atoms with Crippen molar-refractivity contribution in [2.45, 2.75) is 66.0 Å². The molecule has 0 aliphatic carbocycles. The van der Waals surface area contributed by atoms with Crippen LogP contribution in [-0.4, -0.2) is 61.8 Å². The zero-order valence-corrected chi connectivity index (χ0v) is 21.3. The van der Waals surface area contributed by atoms with Crippen LogP contribution in [0.2, 0.25) is 0 Å². The minimum Gasteiger partial charge on any atom is -0.376 e. The summed E-state index contributed by atoms with van der Waals surface area (Å²) in [6.45, 7) is 18.5. The van der Waals surface area contributed by atoms with Crippen LogP contribution in [0, 0.1) is 11.3 Å². The summed E-state index contributed by atoms with van der Waals surface area (Å²) in [5, 5.41) is 12.5. The summed E-state index contributed by atoms with van der Waals surface area (Å²) in [7, 11) is 2.14. The van der Waals surface area contributed by atoms with Crippen LogP contribution in [0.25, 0.3) is 6.08 Å². The van der Waals surface area contributed by atoms with Gasteiger partial charge in [0.2, 0.25) is 0 Å². The second kappa shape index (κ2) is 12.6. The van der Waals surface area contributed by atoms with Gasteiger partial charge in [0.1, 0.15) is 11.6 Å². The molecule has 1 fully saturated rings. The molecule has 6 heteroatoms. The van der Waals surface area contributed by atoms with Gasteiger partial charge < -0.3 is 19.9 Å². The summed E-state index contributed by atoms with van der Waals surface area (Å²) in [4.78, 5) is 17.3. The average molecular weight is 443 g/mol. The van der Waals surface area contributed by atoms with E-state index in [0.717, 1.165) is 31.7 Å². The molecule has 0 unspecified atom stereocenters. The van der Waals surface area contributed by atoms with Crippen molar-refractivity contribution in [2.75, 3.05) is 44.7 Å². The van der Waals surface area contributed by atoms with E-state index in [1.807, 2.05) is 66.7 Å². The van der Waals surface area contributed by atoms with Crippen LogP contribution in [0.15, 0.2) is 29.8 Å². The van der Waals surface area contributed by atoms with Crippen LogP contribution in [0.5, 0.6) is 0 Å². The SMILES string of the molecule is CC.CN1CCN(c2ccc(/C=C(\C#N)C(=O)NC(C)(C)CCOC(C)(C)C)cc2)CC1. The van der Waals surface area contributed by atoms with Gasteiger partial charge in [0.05, 0.1) is 5.60 Å². The van der Waals surface area contributed by atoms with Gasteiger partial charge in [-0.1, -0.05) is 26.0 Å². The minimum absolute atomic E-state index is 0.104. The number of likely N-dealkylation sites (N-methyl/N-ethyl adjacent to an activating group) is 1. The molecule has 0 atom stereocenters. The van der Waals surface area contributed by atoms with Crippen molar-refractivity contribution in [1.29, 1.82) is 5.26 Å². The fraction of sp³-hybridized carbons (Fsp3) is 0.615. The van der Waals surface area contributed by atoms with Crippen molar-refractivity contribution in [3.8, 4) is 6.07 Å². The van der Waals surface area contributed by atoms with E-state index in [0.29, 0.717) is 13.0 Å². The Morgan fingerprint density at radius 1 is 1.09 bits per heavy atom. The van der Waals surface area contributed by atoms with Gasteiger partial charge in [-0.05, 0) is 71.9 Å². The highest BCUT2D eigenvalue weighted by Gasteiger charge is 2.23. The Hall–Kier alpha value is -2.36. The molecular formula is C26H42N4O2. The average Bonchev–Trinajstić information content (AvgIpc) is 2.73. The summed E-state index contributed by atoms with van der Waals surface area (Å²) >= 11 is 0. The molecule has 1 aliphatic rings. The van der Waals surface area contributed by atoms with E-state index in [9.17, 15) is 10.1 Å². The molecule has 0 aromatic heterocycles. The predicted molar refractivity (Wildman–Crippen MR) is 134 cm³/mol. The Kier molecular flexibility index (Phi) is 10.9. The van der Waals surface area contributed by atoms with Gasteiger partial charge >= 0.3 is 0 Å². The third-order valence-electron chi connectivity index (χ3n) is 5.15. The molecule has 0 spiro atoms. The number of rotatable bonds is 7. The van der Waals surface area contributed by atoms with E-state index in [1.54, 1.807) is 6.08 Å². The molecule has 1 heterocycles. The predicted octanol–water partition coefficient (Wildman–Crippen LogP) is 4.47. The number of carbonyl (C=O) groups is 1. The smallest absolute Gasteiger partial charge is 0.262 e. The number of carbonyl (C=O) groups excluding carboxylic acids is 1. The third-order valence-corrected chi connectivity index (χ3v) is 5.15. The highest BCUT2D eigenvalue weighted by atomic mass is 16.5. The standard InChI is InChI=1S/C24H36N4O2.C2H6/c1-23(2,3)30-16-11-24(4,5)26-22(29)20(18-25)17-19-7-9-21(10-8-19)28-14-12-27(6)13-15-28;1-2/h7-10,17H,11-16H2,1-6H3,(H,26,29);1-2H3/b20-17+;. The molecule has 0 radical (unpaired) electrons. The van der Waals surface area contributed by atoms with E-state index in [1.165, 1.54) is 5.69 Å². The van der Waals surface area contributed by atoms with E-state index in [4.69, 9.17) is 4.74 Å². The minimum atomic E-state index is -0.469. The normalized spacial score (nSPS) is 15.5. The van der Waals surface area contributed by atoms with Crippen molar-refractivity contribution in [2.24, 2.45) is 0 Å². The molecule has 32 heavy (non-hydrogen) atoms. The fourth-order valence-electron chi connectivity index (χ4n) is 3.21. The van der Waals surface area contributed by atoms with Crippen molar-refractivity contribution in [1.82, 2.24) is 10.2 Å². The first kappa shape index (κ1) is 27.7. The zero-order valence-electron chi connectivity index (χ0n) is 21.3. The number of hydrogen-bond donors (Lipinski definition) is 1. The number of nitrogens with one attached hydrogen (secondary N) is 1. The molecule has 1 aromatic rings. The Labute approximate surface area is 195 Å². The molecule has 0 saturated carbocycles. The first-order valence-corrected chi connectivity index (χ1v) is 11.6. The first-order valence-electron chi connectivity index (χ1n) is 11.6. The summed E-state index contributed by atoms with van der Waals surface area (Å²) in [6.07, 6.45) is 2.30. The molecule has 1 saturated heterocycles. The van der Waals surface area contributed by atoms with Crippen LogP contribution >= 0.6 is 0 Å². The number of amides is 1. The Morgan fingerprint density at radius 2 is 1.66 bits per heavy atom. The molecule has 1 amide bonds. The second-order valence-corrected chi connectivity index (χ2v) is 9.60. The van der Waals surface area contributed by atoms with Gasteiger partial charge in [0, 0.05) is 44.0 Å². The largest absolute Gasteiger partial charge is 0.376 e. The number of benzene rings is 1. The monoisotopic (exact) mass is 442 g/mol. The lowest BCUT2D eigenvalue weighted by Crippen LogP contribution is -2.45. The summed E-state index contributed by atoms with van der Waals surface area (Å²) in [6, 6.07) is 10.1. The quantitative estimate of drug-likeness (QED) is 0.498. The maximum atomic E-state index is 12.6. The van der Waals surface area contributed by atoms with Gasteiger partial charge in [-0.25, -0.2) is 0 Å². The van der Waals surface area contributed by atoms with Crippen LogP contribution in [-0.2, 0) is 9.53 Å². The fourth-order valence-corrected chi connectivity index (χ4v) is 3.21. The summed E-state index contributed by atoms with van der Waals surface area (Å²) < 4.78 is 5.76. The lowest BCUT2D eigenvalue weighted by atomic mass is 10.00. The topological polar surface area (TPSA) is 68.6 Å². The Morgan fingerprint density at radius 3 is 2.16 bits per heavy atom. The van der Waals surface area contributed by atoms with Gasteiger partial charge in [0.25, 0.3) is 5.91 Å². The number of nitrogens with zero attached hydrogens (tertiary/aromatic N) is 3. The maximum absolute atomic E-state index is 12.6. The van der Waals surface area contributed by atoms with Crippen LogP contribution in [0.1, 0.15) is 60.5 Å². The van der Waals surface area contributed by atoms with E-state index in [2.05, 4.69) is 34.3 Å². The molecular weight excluding hydrogens is 400 g/mol. The number of ether oxygens (including phenoxy) is 1. The van der Waals surface area contributed by atoms with Gasteiger partial charge in [-0.2, -0.15) is 5.26 Å². The summed E-state index contributed by atoms with van der Waals surface area (Å²) in [5.41, 5.74) is 1.43. The number of anilines is 1. The molecule has 0 bridgehead atoms. The highest BCUT2D eigenvalue weighted by Crippen LogP contribution is 2.19. The molecule has 1 aromatic carbocycles. The molecule has 1 N–H and O–H groups in total. The molecule has 2 rings (SSSR count). The highest BCUT2D eigenvalue weighted by molar-refractivity contribution is 6.02. The molecule has 178 valence electrons. The number of piperazine rings is 1. The Balaban J connectivity index is 0.00000249. The lowest BCUT2D eigenvalue weighted by molar-refractivity contribution is -0.118. The summed E-state index contributed by atoms with van der Waals surface area (Å²) in [5.74, 6) is -0.360. The van der Waals surface area contributed by atoms with Gasteiger partial charge in [-0.15, -0.1) is 0 Å². The van der Waals surface area contributed by atoms with Crippen LogP contribution in [0.3, 0.4) is 0 Å². The van der Waals surface area contributed by atoms with Crippen LogP contribution < -0.4 is 10.2 Å². The maximum Gasteiger partial charge on any atom is 0.262 e. The van der Waals surface area contributed by atoms with E-state index >= 15 is 0 Å². The van der Waals surface area contributed by atoms with Crippen molar-refractivity contribution < 1.29 is 9.53 Å². The van der Waals surface area contributed by atoms with Gasteiger partial charge in [0.15, 0.2) is 0 Å². The Bertz CT molecular complexity index is 778. The van der Waals surface area contributed by atoms with Crippen molar-refractivity contribution in [3.05, 3.63) is 35.4 Å². The van der Waals surface area contributed by atoms with E-state index in [-0.39, 0.29) is 17.1 Å². The number of nitriles is 1. The van der Waals surface area contributed by atoms with Gasteiger partial charge in [-0.3, -0.25) is 4.79 Å². The first-order chi connectivity index (χ1) is 15.0. The zero-order chi connectivity index (χ0) is 24.4. The lowest BCUT2D eigenvalue weighted by Gasteiger charge is -2.34. The van der Waals surface area contributed by atoms with Crippen molar-refractivity contribution in [3.63, 3.8) is 0 Å². The van der Waals surface area contributed by atoms with E-state index < -0.39 is 5.54 Å². The molecule has 6 nitrogen and oxygen atoms in total. The van der Waals surface area contributed by atoms with Crippen LogP contribution in [0.4, 0.5) is 5.69 Å².